The van der Waals surface area contributed by atoms with E-state index in [1.165, 1.54) is 11.6 Å². The number of nitrogens with zero attached hydrogens (tertiary/aromatic N) is 2. The van der Waals surface area contributed by atoms with Crippen LogP contribution in [-0.4, -0.2) is 29.7 Å². The Kier molecular flexibility index (Phi) is 5.58. The molecule has 0 spiro atoms. The molecule has 0 fully saturated rings. The third-order valence-electron chi connectivity index (χ3n) is 4.21. The molecule has 0 radical (unpaired) electrons. The Hall–Kier alpha value is -1.16. The highest BCUT2D eigenvalue weighted by Gasteiger charge is 2.25. The molecule has 1 atom stereocenters. The van der Waals surface area contributed by atoms with Crippen LogP contribution in [0.5, 0.6) is 0 Å². The standard InChI is InChI=1S/C17H23FN3OP.ClH/c1-11-16-15(5-6-19-11)17(21(2)20-16)13-7-12(8-14(18)9-13)10-23(3,4)22;/h7-9,11,19H,5-6,10H2,1-4H3;1H. The van der Waals surface area contributed by atoms with E-state index in [-0.39, 0.29) is 24.3 Å². The van der Waals surface area contributed by atoms with Crippen molar-refractivity contribution in [1.29, 1.82) is 0 Å². The largest absolute Gasteiger partial charge is 0.324 e. The molecule has 132 valence electrons. The Bertz CT molecular complexity index is 799. The quantitative estimate of drug-likeness (QED) is 0.830. The van der Waals surface area contributed by atoms with E-state index in [2.05, 4.69) is 17.3 Å². The predicted molar refractivity (Wildman–Crippen MR) is 99.1 cm³/mol. The van der Waals surface area contributed by atoms with Crippen LogP contribution >= 0.6 is 19.5 Å². The summed E-state index contributed by atoms with van der Waals surface area (Å²) in [5.74, 6) is -0.289. The third-order valence-corrected chi connectivity index (χ3v) is 5.33. The van der Waals surface area contributed by atoms with Crippen LogP contribution in [0.25, 0.3) is 11.3 Å². The monoisotopic (exact) mass is 371 g/mol. The highest BCUT2D eigenvalue weighted by atomic mass is 35.5. The first-order valence-electron chi connectivity index (χ1n) is 7.87. The number of hydrogen-bond acceptors (Lipinski definition) is 3. The van der Waals surface area contributed by atoms with E-state index in [0.717, 1.165) is 35.5 Å². The summed E-state index contributed by atoms with van der Waals surface area (Å²) >= 11 is 0. The van der Waals surface area contributed by atoms with E-state index in [4.69, 9.17) is 0 Å². The first-order valence-corrected chi connectivity index (χ1v) is 10.7. The van der Waals surface area contributed by atoms with Gasteiger partial charge in [-0.1, -0.05) is 0 Å². The Morgan fingerprint density at radius 3 is 2.75 bits per heavy atom. The molecule has 1 N–H and O–H groups in total. The van der Waals surface area contributed by atoms with Gasteiger partial charge in [-0.05, 0) is 57.0 Å². The first kappa shape index (κ1) is 19.2. The van der Waals surface area contributed by atoms with Gasteiger partial charge in [0.1, 0.15) is 5.82 Å². The molecule has 0 saturated carbocycles. The summed E-state index contributed by atoms with van der Waals surface area (Å²) in [7, 11) is -0.350. The van der Waals surface area contributed by atoms with E-state index in [1.54, 1.807) is 19.4 Å². The minimum atomic E-state index is -2.25. The van der Waals surface area contributed by atoms with Gasteiger partial charge in [0.15, 0.2) is 0 Å². The van der Waals surface area contributed by atoms with Crippen LogP contribution in [0.2, 0.25) is 0 Å². The molecular formula is C17H24ClFN3OP. The van der Waals surface area contributed by atoms with Gasteiger partial charge in [0.2, 0.25) is 0 Å². The maximum atomic E-state index is 14.1. The van der Waals surface area contributed by atoms with Crippen LogP contribution in [-0.2, 0) is 24.2 Å². The van der Waals surface area contributed by atoms with Gasteiger partial charge < -0.3 is 9.88 Å². The molecule has 1 aromatic carbocycles. The van der Waals surface area contributed by atoms with Gasteiger partial charge in [-0.25, -0.2) is 4.39 Å². The van der Waals surface area contributed by atoms with Gasteiger partial charge in [0.25, 0.3) is 0 Å². The summed E-state index contributed by atoms with van der Waals surface area (Å²) in [5.41, 5.74) is 4.79. The van der Waals surface area contributed by atoms with Gasteiger partial charge in [0.05, 0.1) is 18.5 Å². The minimum Gasteiger partial charge on any atom is -0.324 e. The van der Waals surface area contributed by atoms with E-state index in [0.29, 0.717) is 6.16 Å². The van der Waals surface area contributed by atoms with Crippen LogP contribution < -0.4 is 5.32 Å². The van der Waals surface area contributed by atoms with E-state index >= 15 is 0 Å². The van der Waals surface area contributed by atoms with Gasteiger partial charge in [0, 0.05) is 30.4 Å². The van der Waals surface area contributed by atoms with Crippen LogP contribution in [0, 0.1) is 5.82 Å². The molecule has 24 heavy (non-hydrogen) atoms. The Morgan fingerprint density at radius 2 is 2.08 bits per heavy atom. The summed E-state index contributed by atoms with van der Waals surface area (Å²) in [6, 6.07) is 5.19. The lowest BCUT2D eigenvalue weighted by molar-refractivity contribution is 0.525. The van der Waals surface area contributed by atoms with Crippen molar-refractivity contribution in [2.24, 2.45) is 7.05 Å². The zero-order valence-corrected chi connectivity index (χ0v) is 16.2. The molecule has 1 aliphatic heterocycles. The van der Waals surface area contributed by atoms with E-state index in [1.807, 2.05) is 17.8 Å². The van der Waals surface area contributed by atoms with Crippen LogP contribution in [0.4, 0.5) is 4.39 Å². The molecule has 1 unspecified atom stereocenters. The lowest BCUT2D eigenvalue weighted by Gasteiger charge is -2.19. The fourth-order valence-corrected chi connectivity index (χ4v) is 4.43. The molecule has 3 rings (SSSR count). The SMILES string of the molecule is CC1NCCc2c1nn(C)c2-c1cc(F)cc(CP(C)(C)=O)c1.Cl. The highest BCUT2D eigenvalue weighted by molar-refractivity contribution is 7.61. The van der Waals surface area contributed by atoms with Crippen LogP contribution in [0.15, 0.2) is 18.2 Å². The van der Waals surface area contributed by atoms with Crippen molar-refractivity contribution in [3.05, 3.63) is 40.8 Å². The van der Waals surface area contributed by atoms with Crippen molar-refractivity contribution in [1.82, 2.24) is 15.1 Å². The van der Waals surface area contributed by atoms with Gasteiger partial charge in [-0.2, -0.15) is 5.10 Å². The molecule has 4 nitrogen and oxygen atoms in total. The van der Waals surface area contributed by atoms with Crippen LogP contribution in [0.1, 0.15) is 29.8 Å². The van der Waals surface area contributed by atoms with Crippen molar-refractivity contribution >= 4 is 19.5 Å². The zero-order chi connectivity index (χ0) is 16.8. The molecule has 0 amide bonds. The summed E-state index contributed by atoms with van der Waals surface area (Å²) in [6.07, 6.45) is 1.30. The van der Waals surface area contributed by atoms with E-state index < -0.39 is 7.14 Å². The minimum absolute atomic E-state index is 0. The third kappa shape index (κ3) is 3.90. The lowest BCUT2D eigenvalue weighted by Crippen LogP contribution is -2.27. The molecule has 2 heterocycles. The van der Waals surface area contributed by atoms with Gasteiger partial charge >= 0.3 is 0 Å². The number of halogens is 2. The molecule has 7 heteroatoms. The maximum absolute atomic E-state index is 14.1. The summed E-state index contributed by atoms with van der Waals surface area (Å²) in [4.78, 5) is 0. The van der Waals surface area contributed by atoms with Crippen molar-refractivity contribution in [2.75, 3.05) is 19.9 Å². The number of benzene rings is 1. The fraction of sp³-hybridized carbons (Fsp3) is 0.471. The van der Waals surface area contributed by atoms with Gasteiger partial charge in [-0.3, -0.25) is 4.68 Å². The molecule has 1 aromatic heterocycles. The average Bonchev–Trinajstić information content (AvgIpc) is 2.73. The van der Waals surface area contributed by atoms with Crippen molar-refractivity contribution < 1.29 is 8.96 Å². The Labute approximate surface area is 148 Å². The number of aromatic nitrogens is 2. The molecule has 2 aromatic rings. The molecule has 0 bridgehead atoms. The van der Waals surface area contributed by atoms with Crippen LogP contribution in [0.3, 0.4) is 0 Å². The van der Waals surface area contributed by atoms with Crippen molar-refractivity contribution in [3.63, 3.8) is 0 Å². The smallest absolute Gasteiger partial charge is 0.124 e. The molecule has 1 aliphatic rings. The Balaban J connectivity index is 0.00000208. The van der Waals surface area contributed by atoms with Crippen molar-refractivity contribution in [2.45, 2.75) is 25.5 Å². The molecular weight excluding hydrogens is 348 g/mol. The maximum Gasteiger partial charge on any atom is 0.124 e. The second kappa shape index (κ2) is 6.99. The van der Waals surface area contributed by atoms with E-state index in [9.17, 15) is 8.96 Å². The lowest BCUT2D eigenvalue weighted by atomic mass is 9.96. The van der Waals surface area contributed by atoms with Gasteiger partial charge in [-0.15, -0.1) is 12.4 Å². The van der Waals surface area contributed by atoms with Crippen molar-refractivity contribution in [3.8, 4) is 11.3 Å². The summed E-state index contributed by atoms with van der Waals surface area (Å²) < 4.78 is 28.0. The second-order valence-corrected chi connectivity index (χ2v) is 10.3. The summed E-state index contributed by atoms with van der Waals surface area (Å²) in [6.45, 7) is 6.46. The first-order chi connectivity index (χ1) is 10.7. The number of rotatable bonds is 3. The summed E-state index contributed by atoms with van der Waals surface area (Å²) in [5, 5.41) is 8.02. The zero-order valence-electron chi connectivity index (χ0n) is 14.5. The number of hydrogen-bond donors (Lipinski definition) is 1. The molecule has 0 aliphatic carbocycles. The number of aryl methyl sites for hydroxylation is 1. The normalized spacial score (nSPS) is 17.3. The second-order valence-electron chi connectivity index (χ2n) is 6.84. The Morgan fingerprint density at radius 1 is 1.38 bits per heavy atom. The average molecular weight is 372 g/mol. The number of fused-ring (bicyclic) bond motifs is 1. The highest BCUT2D eigenvalue weighted by Crippen LogP contribution is 2.41. The topological polar surface area (TPSA) is 46.9 Å². The molecule has 0 saturated heterocycles. The predicted octanol–water partition coefficient (Wildman–Crippen LogP) is 3.98. The number of nitrogens with one attached hydrogen (secondary N) is 1. The fourth-order valence-electron chi connectivity index (χ4n) is 3.37.